The summed E-state index contributed by atoms with van der Waals surface area (Å²) in [5, 5.41) is 7.67. The lowest BCUT2D eigenvalue weighted by molar-refractivity contribution is -0.116. The van der Waals surface area contributed by atoms with Crippen LogP contribution in [0.1, 0.15) is 26.5 Å². The molecule has 7 heteroatoms. The molecule has 0 bridgehead atoms. The summed E-state index contributed by atoms with van der Waals surface area (Å²) in [6.45, 7) is 7.49. The van der Waals surface area contributed by atoms with Gasteiger partial charge in [-0.3, -0.25) is 4.79 Å². The van der Waals surface area contributed by atoms with E-state index in [0.29, 0.717) is 23.7 Å². The van der Waals surface area contributed by atoms with Gasteiger partial charge in [-0.25, -0.2) is 14.4 Å². The van der Waals surface area contributed by atoms with Crippen LogP contribution in [0.15, 0.2) is 30.3 Å². The Labute approximate surface area is 141 Å². The third kappa shape index (κ3) is 3.56. The number of hydrogen-bond donors (Lipinski definition) is 1. The number of rotatable bonds is 5. The van der Waals surface area contributed by atoms with Crippen molar-refractivity contribution in [3.63, 3.8) is 0 Å². The van der Waals surface area contributed by atoms with Crippen molar-refractivity contribution in [2.75, 3.05) is 16.8 Å². The Bertz CT molecular complexity index is 725. The molecule has 0 aliphatic carbocycles. The molecule has 0 unspecified atom stereocenters. The van der Waals surface area contributed by atoms with Crippen molar-refractivity contribution < 1.29 is 14.3 Å². The molecule has 0 spiro atoms. The molecule has 0 saturated heterocycles. The molecule has 24 heavy (non-hydrogen) atoms. The van der Waals surface area contributed by atoms with Gasteiger partial charge < -0.3 is 10.1 Å². The first-order chi connectivity index (χ1) is 11.5. The quantitative estimate of drug-likeness (QED) is 0.908. The van der Waals surface area contributed by atoms with Gasteiger partial charge in [0, 0.05) is 19.2 Å². The molecule has 0 saturated carbocycles. The first-order valence-corrected chi connectivity index (χ1v) is 7.86. The van der Waals surface area contributed by atoms with E-state index in [9.17, 15) is 9.59 Å². The molecule has 0 atom stereocenters. The normalized spacial score (nSPS) is 10.3. The summed E-state index contributed by atoms with van der Waals surface area (Å²) in [6.07, 6.45) is -0.708. The second-order valence-corrected chi connectivity index (χ2v) is 5.14. The molecule has 128 valence electrons. The van der Waals surface area contributed by atoms with Crippen molar-refractivity contribution in [1.29, 1.82) is 0 Å². The number of benzene rings is 1. The van der Waals surface area contributed by atoms with Crippen LogP contribution in [0.4, 0.5) is 22.0 Å². The van der Waals surface area contributed by atoms with E-state index in [2.05, 4.69) is 10.4 Å². The van der Waals surface area contributed by atoms with Crippen LogP contribution in [0.3, 0.4) is 0 Å². The number of aryl methyl sites for hydroxylation is 2. The number of carbonyl (C=O) groups is 2. The van der Waals surface area contributed by atoms with E-state index in [-0.39, 0.29) is 6.61 Å². The molecule has 0 aliphatic heterocycles. The van der Waals surface area contributed by atoms with Gasteiger partial charge in [0.25, 0.3) is 0 Å². The van der Waals surface area contributed by atoms with Crippen LogP contribution in [0.5, 0.6) is 0 Å². The molecule has 0 radical (unpaired) electrons. The number of para-hydroxylation sites is 1. The maximum absolute atomic E-state index is 12.3. The minimum atomic E-state index is -0.708. The molecule has 1 aromatic carbocycles. The highest BCUT2D eigenvalue weighted by Gasteiger charge is 2.29. The molecule has 2 rings (SSSR count). The minimum Gasteiger partial charge on any atom is -0.449 e. The average Bonchev–Trinajstić information content (AvgIpc) is 2.85. The van der Waals surface area contributed by atoms with Crippen LogP contribution in [-0.2, 0) is 16.1 Å². The van der Waals surface area contributed by atoms with Crippen LogP contribution in [-0.4, -0.2) is 28.4 Å². The van der Waals surface area contributed by atoms with Gasteiger partial charge in [0.2, 0.25) is 5.91 Å². The second kappa shape index (κ2) is 7.63. The summed E-state index contributed by atoms with van der Waals surface area (Å²) in [5.41, 5.74) is 1.81. The number of aromatic nitrogens is 2. The number of nitrogens with one attached hydrogen (secondary N) is 1. The fraction of sp³-hybridized carbons (Fsp3) is 0.353. The van der Waals surface area contributed by atoms with Crippen LogP contribution >= 0.6 is 0 Å². The predicted molar refractivity (Wildman–Crippen MR) is 92.5 cm³/mol. The summed E-state index contributed by atoms with van der Waals surface area (Å²) in [5.74, 6) is 0.146. The van der Waals surface area contributed by atoms with Gasteiger partial charge in [-0.15, -0.1) is 0 Å². The maximum atomic E-state index is 12.3. The van der Waals surface area contributed by atoms with Gasteiger partial charge in [-0.1, -0.05) is 18.2 Å². The molecule has 2 amide bonds. The zero-order chi connectivity index (χ0) is 17.7. The highest BCUT2D eigenvalue weighted by atomic mass is 16.6. The monoisotopic (exact) mass is 330 g/mol. The fourth-order valence-corrected chi connectivity index (χ4v) is 2.42. The van der Waals surface area contributed by atoms with Crippen LogP contribution < -0.4 is 10.2 Å². The molecule has 1 N–H and O–H groups in total. The summed E-state index contributed by atoms with van der Waals surface area (Å²) < 4.78 is 6.74. The second-order valence-electron chi connectivity index (χ2n) is 5.14. The third-order valence-electron chi connectivity index (χ3n) is 3.42. The van der Waals surface area contributed by atoms with E-state index in [4.69, 9.17) is 4.74 Å². The molecule has 2 aromatic rings. The Morgan fingerprint density at radius 2 is 1.92 bits per heavy atom. The average molecular weight is 330 g/mol. The molecule has 0 fully saturated rings. The van der Waals surface area contributed by atoms with Gasteiger partial charge in [0.05, 0.1) is 12.3 Å². The molecular formula is C17H22N4O3. The first kappa shape index (κ1) is 17.5. The summed E-state index contributed by atoms with van der Waals surface area (Å²) >= 11 is 0. The molecular weight excluding hydrogens is 308 g/mol. The lowest BCUT2D eigenvalue weighted by Gasteiger charge is -2.20. The largest absolute Gasteiger partial charge is 0.449 e. The van der Waals surface area contributed by atoms with Crippen LogP contribution in [0.2, 0.25) is 0 Å². The van der Waals surface area contributed by atoms with Crippen LogP contribution in [0, 0.1) is 6.92 Å². The summed E-state index contributed by atoms with van der Waals surface area (Å²) in [4.78, 5) is 25.4. The SMILES string of the molecule is CCOC(=O)N(C(C)=O)c1c(C)nn(CC)c1Nc1ccccc1. The minimum absolute atomic E-state index is 0.186. The van der Waals surface area contributed by atoms with E-state index in [1.165, 1.54) is 6.92 Å². The van der Waals surface area contributed by atoms with Crippen molar-refractivity contribution in [3.05, 3.63) is 36.0 Å². The van der Waals surface area contributed by atoms with E-state index in [1.54, 1.807) is 18.5 Å². The third-order valence-corrected chi connectivity index (χ3v) is 3.42. The maximum Gasteiger partial charge on any atom is 0.421 e. The van der Waals surface area contributed by atoms with E-state index >= 15 is 0 Å². The van der Waals surface area contributed by atoms with Crippen molar-refractivity contribution in [2.24, 2.45) is 0 Å². The number of amides is 2. The number of nitrogens with zero attached hydrogens (tertiary/aromatic N) is 3. The molecule has 1 heterocycles. The van der Waals surface area contributed by atoms with Gasteiger partial charge in [0.15, 0.2) is 5.82 Å². The standard InChI is InChI=1S/C17H22N4O3/c1-5-20-16(18-14-10-8-7-9-11-14)15(12(3)19-20)21(13(4)22)17(23)24-6-2/h7-11,18H,5-6H2,1-4H3. The number of carbonyl (C=O) groups excluding carboxylic acids is 2. The molecule has 0 aliphatic rings. The fourth-order valence-electron chi connectivity index (χ4n) is 2.42. The number of imide groups is 1. The Morgan fingerprint density at radius 1 is 1.25 bits per heavy atom. The Kier molecular flexibility index (Phi) is 5.57. The van der Waals surface area contributed by atoms with E-state index < -0.39 is 12.0 Å². The Hall–Kier alpha value is -2.83. The smallest absolute Gasteiger partial charge is 0.421 e. The summed E-state index contributed by atoms with van der Waals surface area (Å²) in [6, 6.07) is 9.50. The van der Waals surface area contributed by atoms with E-state index in [1.807, 2.05) is 37.3 Å². The number of anilines is 3. The van der Waals surface area contributed by atoms with Crippen molar-refractivity contribution in [2.45, 2.75) is 34.2 Å². The molecule has 7 nitrogen and oxygen atoms in total. The first-order valence-electron chi connectivity index (χ1n) is 7.86. The predicted octanol–water partition coefficient (Wildman–Crippen LogP) is 3.46. The highest BCUT2D eigenvalue weighted by molar-refractivity contribution is 6.13. The van der Waals surface area contributed by atoms with Crippen molar-refractivity contribution >= 4 is 29.2 Å². The van der Waals surface area contributed by atoms with Gasteiger partial charge >= 0.3 is 6.09 Å². The number of ether oxygens (including phenoxy) is 1. The van der Waals surface area contributed by atoms with Gasteiger partial charge in [-0.05, 0) is 32.9 Å². The van der Waals surface area contributed by atoms with Crippen molar-refractivity contribution in [1.82, 2.24) is 9.78 Å². The van der Waals surface area contributed by atoms with Gasteiger partial charge in [-0.2, -0.15) is 5.10 Å². The lowest BCUT2D eigenvalue weighted by atomic mass is 10.3. The van der Waals surface area contributed by atoms with Crippen LogP contribution in [0.25, 0.3) is 0 Å². The molecule has 1 aromatic heterocycles. The number of hydrogen-bond acceptors (Lipinski definition) is 5. The summed E-state index contributed by atoms with van der Waals surface area (Å²) in [7, 11) is 0. The zero-order valence-corrected chi connectivity index (χ0v) is 14.4. The van der Waals surface area contributed by atoms with Crippen molar-refractivity contribution in [3.8, 4) is 0 Å². The van der Waals surface area contributed by atoms with Gasteiger partial charge in [0.1, 0.15) is 5.69 Å². The highest BCUT2D eigenvalue weighted by Crippen LogP contribution is 2.33. The Morgan fingerprint density at radius 3 is 2.46 bits per heavy atom. The zero-order valence-electron chi connectivity index (χ0n) is 14.4. The van der Waals surface area contributed by atoms with E-state index in [0.717, 1.165) is 10.6 Å². The lowest BCUT2D eigenvalue weighted by Crippen LogP contribution is -2.36. The topological polar surface area (TPSA) is 76.5 Å². The Balaban J connectivity index is 2.53.